The average Bonchev–Trinajstić information content (AvgIpc) is 2.76. The number of carbonyl (C=O) groups is 1. The van der Waals surface area contributed by atoms with Gasteiger partial charge in [0.25, 0.3) is 0 Å². The first-order chi connectivity index (χ1) is 8.69. The Morgan fingerprint density at radius 3 is 2.68 bits per heavy atom. The Labute approximate surface area is 122 Å². The van der Waals surface area contributed by atoms with Gasteiger partial charge >= 0.3 is 0 Å². The van der Waals surface area contributed by atoms with Crippen molar-refractivity contribution in [3.63, 3.8) is 0 Å². The second-order valence-corrected chi connectivity index (χ2v) is 4.84. The number of nitrogens with zero attached hydrogens (tertiary/aromatic N) is 2. The Kier molecular flexibility index (Phi) is 5.74. The van der Waals surface area contributed by atoms with Gasteiger partial charge in [-0.15, -0.1) is 24.2 Å². The number of amides is 1. The van der Waals surface area contributed by atoms with Crippen LogP contribution in [0.3, 0.4) is 0 Å². The van der Waals surface area contributed by atoms with Gasteiger partial charge in [-0.25, -0.2) is 0 Å². The number of carbonyl (C=O) groups excluding carboxylic acids is 1. The molecule has 1 aromatic carbocycles. The molecule has 1 aliphatic rings. The van der Waals surface area contributed by atoms with Crippen LogP contribution in [0, 0.1) is 11.3 Å². The summed E-state index contributed by atoms with van der Waals surface area (Å²) in [7, 11) is 1.97. The van der Waals surface area contributed by atoms with Crippen LogP contribution < -0.4 is 5.32 Å². The van der Waals surface area contributed by atoms with Crippen LogP contribution in [-0.2, 0) is 4.79 Å². The predicted octanol–water partition coefficient (Wildman–Crippen LogP) is 2.79. The lowest BCUT2D eigenvalue weighted by Gasteiger charge is -2.14. The fourth-order valence-corrected chi connectivity index (χ4v) is 2.51. The van der Waals surface area contributed by atoms with Crippen molar-refractivity contribution in [2.45, 2.75) is 6.42 Å². The van der Waals surface area contributed by atoms with Crippen molar-refractivity contribution in [1.29, 1.82) is 5.26 Å². The first-order valence-electron chi connectivity index (χ1n) is 5.51. The summed E-state index contributed by atoms with van der Waals surface area (Å²) in [6.45, 7) is 0. The monoisotopic (exact) mass is 295 g/mol. The van der Waals surface area contributed by atoms with Crippen LogP contribution in [-0.4, -0.2) is 23.7 Å². The minimum atomic E-state index is -0.0414. The molecule has 0 atom stereocenters. The van der Waals surface area contributed by atoms with Crippen molar-refractivity contribution in [3.05, 3.63) is 40.9 Å². The number of thioether (sulfide) groups is 1. The number of anilines is 1. The molecule has 1 amide bonds. The van der Waals surface area contributed by atoms with E-state index in [2.05, 4.69) is 10.2 Å². The van der Waals surface area contributed by atoms with E-state index in [9.17, 15) is 4.79 Å². The van der Waals surface area contributed by atoms with E-state index in [4.69, 9.17) is 5.26 Å². The first kappa shape index (κ1) is 15.4. The third-order valence-corrected chi connectivity index (χ3v) is 3.59. The number of benzene rings is 1. The summed E-state index contributed by atoms with van der Waals surface area (Å²) in [5.41, 5.74) is 2.33. The lowest BCUT2D eigenvalue weighted by atomic mass is 10.2. The summed E-state index contributed by atoms with van der Waals surface area (Å²) in [6, 6.07) is 8.88. The average molecular weight is 296 g/mol. The second-order valence-electron chi connectivity index (χ2n) is 4.02. The molecule has 0 unspecified atom stereocenters. The van der Waals surface area contributed by atoms with Crippen LogP contribution in [0.4, 0.5) is 5.69 Å². The molecule has 0 bridgehead atoms. The SMILES string of the molecule is CN1CSC=C1CC(=O)Nc1ccc(C#N)cc1.Cl. The number of halogens is 1. The molecule has 0 radical (unpaired) electrons. The lowest BCUT2D eigenvalue weighted by molar-refractivity contribution is -0.115. The summed E-state index contributed by atoms with van der Waals surface area (Å²) in [4.78, 5) is 13.9. The number of hydrogen-bond donors (Lipinski definition) is 1. The maximum atomic E-state index is 11.8. The Balaban J connectivity index is 0.00000180. The molecule has 0 saturated carbocycles. The van der Waals surface area contributed by atoms with Crippen molar-refractivity contribution >= 4 is 35.8 Å². The van der Waals surface area contributed by atoms with E-state index in [1.54, 1.807) is 36.0 Å². The van der Waals surface area contributed by atoms with Crippen molar-refractivity contribution in [3.8, 4) is 6.07 Å². The molecule has 1 N–H and O–H groups in total. The number of hydrogen-bond acceptors (Lipinski definition) is 4. The van der Waals surface area contributed by atoms with Gasteiger partial charge in [-0.05, 0) is 29.7 Å². The Morgan fingerprint density at radius 2 is 2.16 bits per heavy atom. The highest BCUT2D eigenvalue weighted by Gasteiger charge is 2.14. The van der Waals surface area contributed by atoms with E-state index >= 15 is 0 Å². The minimum Gasteiger partial charge on any atom is -0.367 e. The number of nitriles is 1. The van der Waals surface area contributed by atoms with E-state index in [0.717, 1.165) is 11.6 Å². The minimum absolute atomic E-state index is 0. The molecule has 0 aliphatic carbocycles. The number of rotatable bonds is 3. The van der Waals surface area contributed by atoms with Gasteiger partial charge in [-0.2, -0.15) is 5.26 Å². The molecule has 0 aromatic heterocycles. The fourth-order valence-electron chi connectivity index (χ4n) is 1.59. The van der Waals surface area contributed by atoms with Gasteiger partial charge < -0.3 is 10.2 Å². The standard InChI is InChI=1S/C13H13N3OS.ClH/c1-16-9-18-8-12(16)6-13(17)15-11-4-2-10(7-14)3-5-11;/h2-5,8H,6,9H2,1H3,(H,15,17);1H. The van der Waals surface area contributed by atoms with Gasteiger partial charge in [-0.3, -0.25) is 4.79 Å². The quantitative estimate of drug-likeness (QED) is 0.931. The Hall–Kier alpha value is -1.64. The van der Waals surface area contributed by atoms with E-state index in [0.29, 0.717) is 17.7 Å². The van der Waals surface area contributed by atoms with Gasteiger partial charge in [0.1, 0.15) is 0 Å². The van der Waals surface area contributed by atoms with E-state index < -0.39 is 0 Å². The molecule has 0 spiro atoms. The van der Waals surface area contributed by atoms with Crippen LogP contribution in [0.1, 0.15) is 12.0 Å². The molecule has 6 heteroatoms. The van der Waals surface area contributed by atoms with Crippen molar-refractivity contribution in [2.75, 3.05) is 18.2 Å². The van der Waals surface area contributed by atoms with Crippen LogP contribution in [0.15, 0.2) is 35.4 Å². The summed E-state index contributed by atoms with van der Waals surface area (Å²) < 4.78 is 0. The smallest absolute Gasteiger partial charge is 0.230 e. The van der Waals surface area contributed by atoms with Gasteiger partial charge in [0, 0.05) is 18.4 Å². The van der Waals surface area contributed by atoms with Crippen molar-refractivity contribution in [2.24, 2.45) is 0 Å². The largest absolute Gasteiger partial charge is 0.367 e. The molecule has 4 nitrogen and oxygen atoms in total. The van der Waals surface area contributed by atoms with Crippen molar-refractivity contribution in [1.82, 2.24) is 4.90 Å². The highest BCUT2D eigenvalue weighted by Crippen LogP contribution is 2.23. The molecule has 19 heavy (non-hydrogen) atoms. The molecule has 1 aliphatic heterocycles. The molecule has 0 saturated heterocycles. The topological polar surface area (TPSA) is 56.1 Å². The van der Waals surface area contributed by atoms with E-state index in [-0.39, 0.29) is 18.3 Å². The molecule has 1 heterocycles. The summed E-state index contributed by atoms with van der Waals surface area (Å²) in [5.74, 6) is 0.861. The molecular formula is C13H14ClN3OS. The van der Waals surface area contributed by atoms with Gasteiger partial charge in [0.2, 0.25) is 5.91 Å². The van der Waals surface area contributed by atoms with Crippen LogP contribution in [0.5, 0.6) is 0 Å². The van der Waals surface area contributed by atoms with E-state index in [1.807, 2.05) is 18.5 Å². The zero-order valence-electron chi connectivity index (χ0n) is 10.4. The van der Waals surface area contributed by atoms with Gasteiger partial charge in [-0.1, -0.05) is 0 Å². The Bertz CT molecular complexity index is 522. The summed E-state index contributed by atoms with van der Waals surface area (Å²) in [5, 5.41) is 13.5. The lowest BCUT2D eigenvalue weighted by Crippen LogP contribution is -2.19. The highest BCUT2D eigenvalue weighted by atomic mass is 35.5. The highest BCUT2D eigenvalue weighted by molar-refractivity contribution is 8.02. The van der Waals surface area contributed by atoms with Gasteiger partial charge in [0.15, 0.2) is 0 Å². The zero-order valence-corrected chi connectivity index (χ0v) is 12.1. The number of nitrogens with one attached hydrogen (secondary N) is 1. The fraction of sp³-hybridized carbons (Fsp3) is 0.231. The first-order valence-corrected chi connectivity index (χ1v) is 6.56. The molecule has 1 aromatic rings. The molecule has 2 rings (SSSR count). The third kappa shape index (κ3) is 4.19. The maximum Gasteiger partial charge on any atom is 0.230 e. The predicted molar refractivity (Wildman–Crippen MR) is 80.0 cm³/mol. The van der Waals surface area contributed by atoms with Crippen LogP contribution in [0.25, 0.3) is 0 Å². The third-order valence-electron chi connectivity index (χ3n) is 2.62. The molecule has 100 valence electrons. The normalized spacial score (nSPS) is 13.3. The van der Waals surface area contributed by atoms with Crippen LogP contribution >= 0.6 is 24.2 Å². The van der Waals surface area contributed by atoms with Gasteiger partial charge in [0.05, 0.1) is 23.9 Å². The molecular weight excluding hydrogens is 282 g/mol. The summed E-state index contributed by atoms with van der Waals surface area (Å²) in [6.07, 6.45) is 0.378. The van der Waals surface area contributed by atoms with Crippen LogP contribution in [0.2, 0.25) is 0 Å². The second kappa shape index (κ2) is 7.07. The Morgan fingerprint density at radius 1 is 1.47 bits per heavy atom. The zero-order chi connectivity index (χ0) is 13.0. The molecule has 0 fully saturated rings. The van der Waals surface area contributed by atoms with Crippen molar-refractivity contribution < 1.29 is 4.79 Å². The summed E-state index contributed by atoms with van der Waals surface area (Å²) >= 11 is 1.69. The maximum absolute atomic E-state index is 11.8. The van der Waals surface area contributed by atoms with E-state index in [1.165, 1.54) is 0 Å².